The summed E-state index contributed by atoms with van der Waals surface area (Å²) < 4.78 is 9.47. The maximum atomic E-state index is 11.8. The van der Waals surface area contributed by atoms with Gasteiger partial charge in [-0.05, 0) is 18.2 Å². The minimum absolute atomic E-state index is 0.0476. The second-order valence-corrected chi connectivity index (χ2v) is 3.45. The molecule has 0 fully saturated rings. The average molecular weight is 237 g/mol. The number of Topliss-reactive ketones (excluding diaryl/α,β-unsaturated/α-hetero) is 1. The molecular weight excluding hydrogens is 222 g/mol. The maximum Gasteiger partial charge on any atom is 0.305 e. The molecule has 5 heteroatoms. The first-order valence-corrected chi connectivity index (χ1v) is 5.12. The van der Waals surface area contributed by atoms with E-state index < -0.39 is 5.97 Å². The summed E-state index contributed by atoms with van der Waals surface area (Å²) in [7, 11) is 2.79. The van der Waals surface area contributed by atoms with Gasteiger partial charge in [-0.15, -0.1) is 0 Å². The number of esters is 1. The number of carbonyl (C=O) groups is 2. The van der Waals surface area contributed by atoms with E-state index in [1.54, 1.807) is 18.2 Å². The minimum Gasteiger partial charge on any atom is -0.497 e. The maximum absolute atomic E-state index is 11.8. The zero-order chi connectivity index (χ0) is 12.8. The molecule has 0 saturated carbocycles. The Morgan fingerprint density at radius 1 is 1.24 bits per heavy atom. The number of methoxy groups -OCH3 is 2. The molecule has 0 aliphatic heterocycles. The summed E-state index contributed by atoms with van der Waals surface area (Å²) in [4.78, 5) is 22.7. The molecule has 0 heterocycles. The normalized spacial score (nSPS) is 9.76. The molecule has 0 saturated heterocycles. The zero-order valence-electron chi connectivity index (χ0n) is 9.86. The van der Waals surface area contributed by atoms with Crippen molar-refractivity contribution in [3.05, 3.63) is 23.8 Å². The second kappa shape index (κ2) is 5.89. The number of nitrogens with two attached hydrogens (primary N) is 1. The number of hydrogen-bond acceptors (Lipinski definition) is 5. The molecule has 0 aliphatic rings. The number of benzene rings is 1. The molecule has 92 valence electrons. The summed E-state index contributed by atoms with van der Waals surface area (Å²) in [6, 6.07) is 4.84. The van der Waals surface area contributed by atoms with Gasteiger partial charge in [0.1, 0.15) is 5.75 Å². The summed E-state index contributed by atoms with van der Waals surface area (Å²) in [5.74, 6) is -0.0627. The Labute approximate surface area is 99.5 Å². The van der Waals surface area contributed by atoms with Gasteiger partial charge < -0.3 is 15.2 Å². The van der Waals surface area contributed by atoms with Gasteiger partial charge in [-0.1, -0.05) is 0 Å². The van der Waals surface area contributed by atoms with Crippen molar-refractivity contribution >= 4 is 17.4 Å². The first kappa shape index (κ1) is 13.0. The van der Waals surface area contributed by atoms with E-state index in [2.05, 4.69) is 4.74 Å². The van der Waals surface area contributed by atoms with Crippen LogP contribution >= 0.6 is 0 Å². The van der Waals surface area contributed by atoms with Crippen molar-refractivity contribution in [3.63, 3.8) is 0 Å². The van der Waals surface area contributed by atoms with Crippen LogP contribution in [-0.4, -0.2) is 26.0 Å². The zero-order valence-corrected chi connectivity index (χ0v) is 9.86. The van der Waals surface area contributed by atoms with Gasteiger partial charge in [-0.2, -0.15) is 0 Å². The summed E-state index contributed by atoms with van der Waals surface area (Å²) in [6.07, 6.45) is 0.121. The Kier molecular flexibility index (Phi) is 4.51. The van der Waals surface area contributed by atoms with Gasteiger partial charge in [0.2, 0.25) is 0 Å². The molecule has 0 amide bonds. The molecular formula is C12H15NO4. The highest BCUT2D eigenvalue weighted by Gasteiger charge is 2.13. The highest BCUT2D eigenvalue weighted by molar-refractivity contribution is 6.02. The fourth-order valence-corrected chi connectivity index (χ4v) is 1.36. The van der Waals surface area contributed by atoms with Crippen LogP contribution in [0.1, 0.15) is 23.2 Å². The highest BCUT2D eigenvalue weighted by Crippen LogP contribution is 2.21. The summed E-state index contributed by atoms with van der Waals surface area (Å²) >= 11 is 0. The third kappa shape index (κ3) is 3.48. The van der Waals surface area contributed by atoms with Crippen LogP contribution in [0.3, 0.4) is 0 Å². The molecule has 5 nitrogen and oxygen atoms in total. The van der Waals surface area contributed by atoms with Gasteiger partial charge in [0, 0.05) is 17.7 Å². The standard InChI is InChI=1S/C12H15NO4/c1-16-8-3-4-10(13)9(7-8)11(14)5-6-12(15)17-2/h3-4,7H,5-6,13H2,1-2H3. The minimum atomic E-state index is -0.417. The lowest BCUT2D eigenvalue weighted by Crippen LogP contribution is -2.08. The summed E-state index contributed by atoms with van der Waals surface area (Å²) in [5.41, 5.74) is 6.44. The molecule has 1 aromatic carbocycles. The Hall–Kier alpha value is -2.04. The Balaban J connectivity index is 2.77. The van der Waals surface area contributed by atoms with Crippen molar-refractivity contribution in [1.29, 1.82) is 0 Å². The van der Waals surface area contributed by atoms with Gasteiger partial charge in [-0.3, -0.25) is 9.59 Å². The van der Waals surface area contributed by atoms with Gasteiger partial charge in [-0.25, -0.2) is 0 Å². The van der Waals surface area contributed by atoms with Crippen molar-refractivity contribution in [2.75, 3.05) is 20.0 Å². The van der Waals surface area contributed by atoms with Crippen LogP contribution < -0.4 is 10.5 Å². The monoisotopic (exact) mass is 237 g/mol. The fraction of sp³-hybridized carbons (Fsp3) is 0.333. The van der Waals surface area contributed by atoms with Crippen molar-refractivity contribution in [2.24, 2.45) is 0 Å². The molecule has 0 aromatic heterocycles. The van der Waals surface area contributed by atoms with E-state index in [9.17, 15) is 9.59 Å². The van der Waals surface area contributed by atoms with Crippen molar-refractivity contribution in [1.82, 2.24) is 0 Å². The summed E-state index contributed by atoms with van der Waals surface area (Å²) in [5, 5.41) is 0. The predicted molar refractivity (Wildman–Crippen MR) is 63.0 cm³/mol. The lowest BCUT2D eigenvalue weighted by Gasteiger charge is -2.07. The molecule has 0 aliphatic carbocycles. The lowest BCUT2D eigenvalue weighted by molar-refractivity contribution is -0.140. The van der Waals surface area contributed by atoms with E-state index in [1.807, 2.05) is 0 Å². The molecule has 1 rings (SSSR count). The number of rotatable bonds is 5. The van der Waals surface area contributed by atoms with E-state index >= 15 is 0 Å². The average Bonchev–Trinajstić information content (AvgIpc) is 2.36. The molecule has 0 spiro atoms. The van der Waals surface area contributed by atoms with Gasteiger partial charge in [0.25, 0.3) is 0 Å². The SMILES string of the molecule is COC(=O)CCC(=O)c1cc(OC)ccc1N. The van der Waals surface area contributed by atoms with Crippen LogP contribution in [0.15, 0.2) is 18.2 Å². The Morgan fingerprint density at radius 2 is 1.94 bits per heavy atom. The van der Waals surface area contributed by atoms with Crippen LogP contribution in [0.4, 0.5) is 5.69 Å². The Bertz CT molecular complexity index is 429. The number of carbonyl (C=O) groups excluding carboxylic acids is 2. The van der Waals surface area contributed by atoms with Crippen LogP contribution in [0, 0.1) is 0 Å². The first-order chi connectivity index (χ1) is 8.08. The van der Waals surface area contributed by atoms with Gasteiger partial charge in [0.15, 0.2) is 5.78 Å². The number of nitrogen functional groups attached to an aromatic ring is 1. The van der Waals surface area contributed by atoms with Crippen LogP contribution in [-0.2, 0) is 9.53 Å². The highest BCUT2D eigenvalue weighted by atomic mass is 16.5. The third-order valence-electron chi connectivity index (χ3n) is 2.34. The number of anilines is 1. The van der Waals surface area contributed by atoms with Crippen LogP contribution in [0.2, 0.25) is 0 Å². The third-order valence-corrected chi connectivity index (χ3v) is 2.34. The molecule has 1 aromatic rings. The van der Waals surface area contributed by atoms with Gasteiger partial charge >= 0.3 is 5.97 Å². The van der Waals surface area contributed by atoms with Gasteiger partial charge in [0.05, 0.1) is 20.6 Å². The predicted octanol–water partition coefficient (Wildman–Crippen LogP) is 1.41. The van der Waals surface area contributed by atoms with Crippen molar-refractivity contribution in [3.8, 4) is 5.75 Å². The lowest BCUT2D eigenvalue weighted by atomic mass is 10.0. The molecule has 0 unspecified atom stereocenters. The smallest absolute Gasteiger partial charge is 0.305 e. The second-order valence-electron chi connectivity index (χ2n) is 3.45. The Morgan fingerprint density at radius 3 is 2.53 bits per heavy atom. The topological polar surface area (TPSA) is 78.6 Å². The molecule has 2 N–H and O–H groups in total. The van der Waals surface area contributed by atoms with Crippen molar-refractivity contribution < 1.29 is 19.1 Å². The number of hydrogen-bond donors (Lipinski definition) is 1. The van der Waals surface area contributed by atoms with Crippen LogP contribution in [0.5, 0.6) is 5.75 Å². The summed E-state index contributed by atoms with van der Waals surface area (Å²) in [6.45, 7) is 0. The van der Waals surface area contributed by atoms with E-state index in [-0.39, 0.29) is 18.6 Å². The number of ketones is 1. The van der Waals surface area contributed by atoms with E-state index in [1.165, 1.54) is 14.2 Å². The van der Waals surface area contributed by atoms with E-state index in [0.717, 1.165) is 0 Å². The molecule has 0 radical (unpaired) electrons. The quantitative estimate of drug-likeness (QED) is 0.476. The van der Waals surface area contributed by atoms with E-state index in [0.29, 0.717) is 17.0 Å². The van der Waals surface area contributed by atoms with Crippen molar-refractivity contribution in [2.45, 2.75) is 12.8 Å². The number of ether oxygens (including phenoxy) is 2. The van der Waals surface area contributed by atoms with E-state index in [4.69, 9.17) is 10.5 Å². The molecule has 0 bridgehead atoms. The molecule has 17 heavy (non-hydrogen) atoms. The first-order valence-electron chi connectivity index (χ1n) is 5.12. The van der Waals surface area contributed by atoms with Crippen LogP contribution in [0.25, 0.3) is 0 Å². The molecule has 0 atom stereocenters. The largest absolute Gasteiger partial charge is 0.497 e. The fourth-order valence-electron chi connectivity index (χ4n) is 1.36.